The number of rotatable bonds is 4. The van der Waals surface area contributed by atoms with Crippen LogP contribution in [0.15, 0.2) is 65.6 Å². The molecule has 2 aromatic carbocycles. The summed E-state index contributed by atoms with van der Waals surface area (Å²) in [6, 6.07) is 18.6. The third-order valence-electron chi connectivity index (χ3n) is 5.22. The van der Waals surface area contributed by atoms with Crippen molar-refractivity contribution in [1.29, 1.82) is 0 Å². The zero-order valence-electron chi connectivity index (χ0n) is 15.2. The quantitative estimate of drug-likeness (QED) is 0.620. The van der Waals surface area contributed by atoms with Crippen molar-refractivity contribution in [2.45, 2.75) is 47.4 Å². The van der Waals surface area contributed by atoms with E-state index in [2.05, 4.69) is 0 Å². The zero-order valence-corrected chi connectivity index (χ0v) is 16.0. The van der Waals surface area contributed by atoms with Crippen LogP contribution in [0.4, 0.5) is 0 Å². The van der Waals surface area contributed by atoms with Gasteiger partial charge in [0, 0.05) is 22.3 Å². The Hall–Kier alpha value is -1.97. The average molecular weight is 403 g/mol. The lowest BCUT2D eigenvalue weighted by atomic mass is 9.83. The molecule has 8 heteroatoms. The third kappa shape index (κ3) is 3.42. The molecule has 2 saturated heterocycles. The Kier molecular flexibility index (Phi) is 5.39. The van der Waals surface area contributed by atoms with Crippen molar-refractivity contribution in [2.24, 2.45) is 0 Å². The van der Waals surface area contributed by atoms with E-state index >= 15 is 0 Å². The van der Waals surface area contributed by atoms with Gasteiger partial charge in [-0.3, -0.25) is 10.1 Å². The molecule has 2 heterocycles. The topological polar surface area (TPSA) is 91.1 Å². The molecule has 28 heavy (non-hydrogen) atoms. The zero-order chi connectivity index (χ0) is 19.7. The summed E-state index contributed by atoms with van der Waals surface area (Å²) in [5.41, 5.74) is -1.77. The number of thioether (sulfide) groups is 1. The summed E-state index contributed by atoms with van der Waals surface area (Å²) in [6.45, 7) is 1.57. The number of ether oxygens (including phenoxy) is 3. The number of nitrogens with zero attached hydrogens (tertiary/aromatic N) is 1. The molecular formula is C20H21NO6S. The molecule has 148 valence electrons. The van der Waals surface area contributed by atoms with Crippen molar-refractivity contribution in [2.75, 3.05) is 6.61 Å². The van der Waals surface area contributed by atoms with Gasteiger partial charge in [-0.15, -0.1) is 0 Å². The van der Waals surface area contributed by atoms with Gasteiger partial charge in [0.2, 0.25) is 0 Å². The molecule has 7 nitrogen and oxygen atoms in total. The maximum Gasteiger partial charge on any atom is 0.276 e. The first-order valence-electron chi connectivity index (χ1n) is 9.02. The van der Waals surface area contributed by atoms with Crippen LogP contribution in [-0.2, 0) is 14.2 Å². The number of hydrogen-bond acceptors (Lipinski definition) is 7. The van der Waals surface area contributed by atoms with Crippen LogP contribution in [0.5, 0.6) is 0 Å². The summed E-state index contributed by atoms with van der Waals surface area (Å²) in [4.78, 5) is 12.4. The molecule has 2 aromatic rings. The van der Waals surface area contributed by atoms with Gasteiger partial charge >= 0.3 is 0 Å². The third-order valence-corrected chi connectivity index (χ3v) is 6.37. The lowest BCUT2D eigenvalue weighted by Crippen LogP contribution is -2.70. The standard InChI is InChI=1S/C20H21NO6S/c1-20(21(23)24)16(22)19(28-14-10-6-3-7-11-14)26-15-12-25-18(27-17(15)20)13-8-4-2-5-9-13/h2-11,15-19,22H,12H2,1H3/t15-,16+,17-,18?,19+,20+/m1/s1. The predicted molar refractivity (Wildman–Crippen MR) is 102 cm³/mol. The fourth-order valence-corrected chi connectivity index (χ4v) is 4.75. The Labute approximate surface area is 166 Å². The predicted octanol–water partition coefficient (Wildman–Crippen LogP) is 3.01. The van der Waals surface area contributed by atoms with Gasteiger partial charge in [-0.25, -0.2) is 0 Å². The van der Waals surface area contributed by atoms with Gasteiger partial charge in [0.15, 0.2) is 18.5 Å². The molecule has 0 spiro atoms. The molecule has 2 fully saturated rings. The Morgan fingerprint density at radius 3 is 2.39 bits per heavy atom. The van der Waals surface area contributed by atoms with Crippen LogP contribution in [-0.4, -0.2) is 45.9 Å². The molecule has 2 aliphatic rings. The van der Waals surface area contributed by atoms with Crippen LogP contribution in [0.1, 0.15) is 18.8 Å². The van der Waals surface area contributed by atoms with E-state index in [0.717, 1.165) is 10.5 Å². The monoisotopic (exact) mass is 403 g/mol. The molecule has 0 aromatic heterocycles. The van der Waals surface area contributed by atoms with Gasteiger partial charge in [0.1, 0.15) is 11.5 Å². The van der Waals surface area contributed by atoms with Crippen molar-refractivity contribution in [1.82, 2.24) is 0 Å². The Balaban J connectivity index is 1.60. The largest absolute Gasteiger partial charge is 0.382 e. The maximum atomic E-state index is 12.0. The SMILES string of the molecule is C[C@@]1([N+](=O)[O-])[C@@H]2OC(c3ccccc3)OC[C@H]2O[C@@H](Sc2ccccc2)[C@@H]1O. The van der Waals surface area contributed by atoms with Crippen LogP contribution < -0.4 is 0 Å². The molecule has 0 bridgehead atoms. The Morgan fingerprint density at radius 1 is 1.11 bits per heavy atom. The van der Waals surface area contributed by atoms with E-state index in [1.54, 1.807) is 0 Å². The number of aliphatic hydroxyl groups is 1. The van der Waals surface area contributed by atoms with Crippen molar-refractivity contribution in [3.8, 4) is 0 Å². The van der Waals surface area contributed by atoms with E-state index in [1.807, 2.05) is 60.7 Å². The van der Waals surface area contributed by atoms with Gasteiger partial charge in [-0.2, -0.15) is 0 Å². The normalized spacial score (nSPS) is 35.1. The van der Waals surface area contributed by atoms with Crippen LogP contribution in [0.2, 0.25) is 0 Å². The van der Waals surface area contributed by atoms with Gasteiger partial charge in [0.05, 0.1) is 6.61 Å². The first-order valence-corrected chi connectivity index (χ1v) is 9.90. The number of hydrogen-bond donors (Lipinski definition) is 1. The fourth-order valence-electron chi connectivity index (χ4n) is 3.57. The molecule has 6 atom stereocenters. The number of benzene rings is 2. The highest BCUT2D eigenvalue weighted by Gasteiger charge is 2.65. The van der Waals surface area contributed by atoms with Crippen LogP contribution in [0, 0.1) is 10.1 Å². The Bertz CT molecular complexity index is 822. The summed E-state index contributed by atoms with van der Waals surface area (Å²) in [5.74, 6) is 0. The highest BCUT2D eigenvalue weighted by Crippen LogP contribution is 2.44. The first-order chi connectivity index (χ1) is 13.5. The van der Waals surface area contributed by atoms with E-state index in [-0.39, 0.29) is 6.61 Å². The van der Waals surface area contributed by atoms with Gasteiger partial charge < -0.3 is 19.3 Å². The molecule has 4 rings (SSSR count). The van der Waals surface area contributed by atoms with Crippen LogP contribution in [0.3, 0.4) is 0 Å². The second-order valence-electron chi connectivity index (χ2n) is 7.03. The summed E-state index contributed by atoms with van der Waals surface area (Å²) in [5, 5.41) is 22.9. The van der Waals surface area contributed by atoms with Crippen molar-refractivity contribution < 1.29 is 24.2 Å². The van der Waals surface area contributed by atoms with Crippen molar-refractivity contribution in [3.63, 3.8) is 0 Å². The highest BCUT2D eigenvalue weighted by molar-refractivity contribution is 7.99. The van der Waals surface area contributed by atoms with Crippen molar-refractivity contribution >= 4 is 11.8 Å². The molecular weight excluding hydrogens is 382 g/mol. The van der Waals surface area contributed by atoms with Crippen LogP contribution >= 0.6 is 11.8 Å². The molecule has 0 aliphatic carbocycles. The molecule has 1 N–H and O–H groups in total. The molecule has 1 unspecified atom stereocenters. The number of nitro groups is 1. The Morgan fingerprint density at radius 2 is 1.75 bits per heavy atom. The summed E-state index contributed by atoms with van der Waals surface area (Å²) >= 11 is 1.26. The van der Waals surface area contributed by atoms with E-state index in [1.165, 1.54) is 18.7 Å². The summed E-state index contributed by atoms with van der Waals surface area (Å²) in [6.07, 6.45) is -3.69. The van der Waals surface area contributed by atoms with Crippen molar-refractivity contribution in [3.05, 3.63) is 76.3 Å². The molecule has 0 saturated carbocycles. The van der Waals surface area contributed by atoms with Gasteiger partial charge in [0.25, 0.3) is 5.54 Å². The maximum absolute atomic E-state index is 12.0. The molecule has 2 aliphatic heterocycles. The summed E-state index contributed by atoms with van der Waals surface area (Å²) in [7, 11) is 0. The average Bonchev–Trinajstić information content (AvgIpc) is 2.73. The second-order valence-corrected chi connectivity index (χ2v) is 8.21. The van der Waals surface area contributed by atoms with Gasteiger partial charge in [-0.05, 0) is 12.1 Å². The number of fused-ring (bicyclic) bond motifs is 1. The van der Waals surface area contributed by atoms with E-state index in [4.69, 9.17) is 14.2 Å². The minimum absolute atomic E-state index is 0.145. The lowest BCUT2D eigenvalue weighted by Gasteiger charge is -2.48. The minimum atomic E-state index is -1.73. The minimum Gasteiger partial charge on any atom is -0.382 e. The molecule has 0 radical (unpaired) electrons. The smallest absolute Gasteiger partial charge is 0.276 e. The molecule has 0 amide bonds. The first kappa shape index (κ1) is 19.4. The fraction of sp³-hybridized carbons (Fsp3) is 0.400. The second kappa shape index (κ2) is 7.81. The summed E-state index contributed by atoms with van der Waals surface area (Å²) < 4.78 is 17.7. The lowest BCUT2D eigenvalue weighted by molar-refractivity contribution is -0.609. The van der Waals surface area contributed by atoms with E-state index in [9.17, 15) is 15.2 Å². The van der Waals surface area contributed by atoms with Gasteiger partial charge in [-0.1, -0.05) is 60.3 Å². The highest BCUT2D eigenvalue weighted by atomic mass is 32.2. The van der Waals surface area contributed by atoms with E-state index in [0.29, 0.717) is 0 Å². The van der Waals surface area contributed by atoms with Crippen LogP contribution in [0.25, 0.3) is 0 Å². The van der Waals surface area contributed by atoms with E-state index < -0.39 is 40.5 Å². The number of aliphatic hydroxyl groups excluding tert-OH is 1.